The summed E-state index contributed by atoms with van der Waals surface area (Å²) in [7, 11) is 0. The fourth-order valence-corrected chi connectivity index (χ4v) is 2.14. The van der Waals surface area contributed by atoms with Crippen LogP contribution in [0, 0.1) is 0 Å². The van der Waals surface area contributed by atoms with Gasteiger partial charge in [0, 0.05) is 17.3 Å². The Hall–Kier alpha value is -2.35. The van der Waals surface area contributed by atoms with Crippen LogP contribution in [0.5, 0.6) is 0 Å². The number of nitrogens with zero attached hydrogens (tertiary/aromatic N) is 1. The first-order chi connectivity index (χ1) is 9.43. The normalized spacial score (nSPS) is 13.1. The van der Waals surface area contributed by atoms with Crippen LogP contribution in [-0.2, 0) is 0 Å². The van der Waals surface area contributed by atoms with Gasteiger partial charge in [-0.05, 0) is 30.8 Å². The molecule has 2 aromatic carbocycles. The molecule has 0 atom stereocenters. The number of hydrogen-bond acceptors (Lipinski definition) is 2. The molecule has 2 heterocycles. The Labute approximate surface area is 112 Å². The van der Waals surface area contributed by atoms with Gasteiger partial charge in [-0.1, -0.05) is 42.5 Å². The number of rotatable bonds is 0. The molecule has 0 aliphatic carbocycles. The molecule has 1 aliphatic rings. The predicted molar refractivity (Wildman–Crippen MR) is 81.0 cm³/mol. The molecule has 3 aromatic rings. The number of aromatic nitrogens is 1. The molecule has 19 heavy (non-hydrogen) atoms. The molecular formula is C17H16N2. The molecule has 0 saturated heterocycles. The van der Waals surface area contributed by atoms with Crippen molar-refractivity contribution in [2.24, 2.45) is 0 Å². The zero-order chi connectivity index (χ0) is 12.9. The topological polar surface area (TPSA) is 24.9 Å². The first-order valence-electron chi connectivity index (χ1n) is 6.56. The lowest BCUT2D eigenvalue weighted by Crippen LogP contribution is -1.96. The minimum atomic E-state index is 1.06. The van der Waals surface area contributed by atoms with Crippen molar-refractivity contribution in [2.75, 3.05) is 6.54 Å². The van der Waals surface area contributed by atoms with E-state index in [2.05, 4.69) is 34.6 Å². The van der Waals surface area contributed by atoms with Crippen molar-refractivity contribution in [1.29, 1.82) is 0 Å². The summed E-state index contributed by atoms with van der Waals surface area (Å²) in [6.45, 7) is 1.14. The molecule has 0 bridgehead atoms. The van der Waals surface area contributed by atoms with Gasteiger partial charge in [0.1, 0.15) is 0 Å². The fraction of sp³-hybridized carbons (Fsp3) is 0.118. The SMILES string of the molecule is C1=CNCC1.c1ccc2nc3ccccc3cc2c1. The van der Waals surface area contributed by atoms with Crippen LogP contribution in [0.3, 0.4) is 0 Å². The van der Waals surface area contributed by atoms with E-state index in [1.807, 2.05) is 42.6 Å². The van der Waals surface area contributed by atoms with E-state index in [0.717, 1.165) is 17.6 Å². The lowest BCUT2D eigenvalue weighted by Gasteiger charge is -1.99. The average Bonchev–Trinajstić information content (AvgIpc) is 3.04. The summed E-state index contributed by atoms with van der Waals surface area (Å²) in [4.78, 5) is 4.58. The molecule has 0 fully saturated rings. The van der Waals surface area contributed by atoms with Crippen molar-refractivity contribution < 1.29 is 0 Å². The highest BCUT2D eigenvalue weighted by atomic mass is 14.8. The molecule has 1 aromatic heterocycles. The van der Waals surface area contributed by atoms with Crippen LogP contribution in [0.15, 0.2) is 66.9 Å². The van der Waals surface area contributed by atoms with Crippen molar-refractivity contribution in [2.45, 2.75) is 6.42 Å². The van der Waals surface area contributed by atoms with Crippen LogP contribution in [0.25, 0.3) is 21.8 Å². The second-order valence-electron chi connectivity index (χ2n) is 4.52. The number of hydrogen-bond donors (Lipinski definition) is 1. The number of para-hydroxylation sites is 2. The molecule has 0 unspecified atom stereocenters. The monoisotopic (exact) mass is 248 g/mol. The van der Waals surface area contributed by atoms with Crippen LogP contribution >= 0.6 is 0 Å². The first kappa shape index (κ1) is 11.7. The molecule has 1 N–H and O–H groups in total. The molecule has 1 aliphatic heterocycles. The van der Waals surface area contributed by atoms with Gasteiger partial charge in [0.25, 0.3) is 0 Å². The quantitative estimate of drug-likeness (QED) is 0.611. The highest BCUT2D eigenvalue weighted by molar-refractivity contribution is 5.92. The van der Waals surface area contributed by atoms with E-state index in [1.165, 1.54) is 17.2 Å². The van der Waals surface area contributed by atoms with Crippen LogP contribution in [0.1, 0.15) is 6.42 Å². The van der Waals surface area contributed by atoms with Crippen molar-refractivity contribution in [3.8, 4) is 0 Å². The van der Waals surface area contributed by atoms with Gasteiger partial charge >= 0.3 is 0 Å². The van der Waals surface area contributed by atoms with Crippen molar-refractivity contribution in [3.05, 3.63) is 66.9 Å². The Kier molecular flexibility index (Phi) is 3.41. The van der Waals surface area contributed by atoms with E-state index in [0.29, 0.717) is 0 Å². The highest BCUT2D eigenvalue weighted by Gasteiger charge is 1.96. The highest BCUT2D eigenvalue weighted by Crippen LogP contribution is 2.18. The zero-order valence-electron chi connectivity index (χ0n) is 10.7. The van der Waals surface area contributed by atoms with E-state index in [-0.39, 0.29) is 0 Å². The van der Waals surface area contributed by atoms with Crippen LogP contribution in [-0.4, -0.2) is 11.5 Å². The van der Waals surface area contributed by atoms with Crippen molar-refractivity contribution in [1.82, 2.24) is 10.3 Å². The Morgan fingerprint density at radius 1 is 0.842 bits per heavy atom. The number of fused-ring (bicyclic) bond motifs is 2. The standard InChI is InChI=1S/C13H9N.C4H7N/c1-3-7-12-10(5-1)9-11-6-2-4-8-13(11)14-12;1-2-4-5-3-1/h1-9H;1,3,5H,2,4H2. The summed E-state index contributed by atoms with van der Waals surface area (Å²) in [6.07, 6.45) is 5.32. The maximum atomic E-state index is 4.58. The summed E-state index contributed by atoms with van der Waals surface area (Å²) < 4.78 is 0. The summed E-state index contributed by atoms with van der Waals surface area (Å²) in [5, 5.41) is 5.44. The number of pyridine rings is 1. The van der Waals surface area contributed by atoms with E-state index < -0.39 is 0 Å². The summed E-state index contributed by atoms with van der Waals surface area (Å²) >= 11 is 0. The molecule has 0 amide bonds. The lowest BCUT2D eigenvalue weighted by atomic mass is 10.1. The third kappa shape index (κ3) is 2.74. The first-order valence-corrected chi connectivity index (χ1v) is 6.56. The largest absolute Gasteiger partial charge is 0.391 e. The van der Waals surface area contributed by atoms with Gasteiger partial charge in [0.2, 0.25) is 0 Å². The van der Waals surface area contributed by atoms with E-state index in [1.54, 1.807) is 0 Å². The minimum Gasteiger partial charge on any atom is -0.391 e. The zero-order valence-corrected chi connectivity index (χ0v) is 10.7. The van der Waals surface area contributed by atoms with Gasteiger partial charge in [-0.25, -0.2) is 4.98 Å². The number of benzene rings is 2. The van der Waals surface area contributed by atoms with Gasteiger partial charge in [0.15, 0.2) is 0 Å². The Balaban J connectivity index is 0.000000187. The molecule has 4 rings (SSSR count). The summed E-state index contributed by atoms with van der Waals surface area (Å²) in [5.74, 6) is 0. The predicted octanol–water partition coefficient (Wildman–Crippen LogP) is 3.88. The van der Waals surface area contributed by atoms with Gasteiger partial charge < -0.3 is 5.32 Å². The molecule has 0 radical (unpaired) electrons. The minimum absolute atomic E-state index is 1.06. The molecule has 2 nitrogen and oxygen atoms in total. The Morgan fingerprint density at radius 3 is 1.95 bits per heavy atom. The van der Waals surface area contributed by atoms with Crippen molar-refractivity contribution in [3.63, 3.8) is 0 Å². The third-order valence-electron chi connectivity index (χ3n) is 3.12. The maximum Gasteiger partial charge on any atom is 0.0709 e. The Morgan fingerprint density at radius 2 is 1.47 bits per heavy atom. The van der Waals surface area contributed by atoms with Crippen LogP contribution in [0.4, 0.5) is 0 Å². The summed E-state index contributed by atoms with van der Waals surface area (Å²) in [5.41, 5.74) is 2.12. The lowest BCUT2D eigenvalue weighted by molar-refractivity contribution is 0.917. The maximum absolute atomic E-state index is 4.58. The fourth-order valence-electron chi connectivity index (χ4n) is 2.14. The average molecular weight is 248 g/mol. The molecule has 0 spiro atoms. The Bertz CT molecular complexity index is 605. The van der Waals surface area contributed by atoms with E-state index >= 15 is 0 Å². The third-order valence-corrected chi connectivity index (χ3v) is 3.12. The van der Waals surface area contributed by atoms with E-state index in [4.69, 9.17) is 0 Å². The van der Waals surface area contributed by atoms with Gasteiger partial charge in [-0.3, -0.25) is 0 Å². The second-order valence-corrected chi connectivity index (χ2v) is 4.52. The van der Waals surface area contributed by atoms with E-state index in [9.17, 15) is 0 Å². The van der Waals surface area contributed by atoms with Crippen molar-refractivity contribution >= 4 is 21.8 Å². The van der Waals surface area contributed by atoms with Crippen LogP contribution < -0.4 is 5.32 Å². The molecule has 94 valence electrons. The molecule has 0 saturated carbocycles. The van der Waals surface area contributed by atoms with Gasteiger partial charge in [-0.15, -0.1) is 0 Å². The number of nitrogens with one attached hydrogen (secondary N) is 1. The smallest absolute Gasteiger partial charge is 0.0709 e. The van der Waals surface area contributed by atoms with Gasteiger partial charge in [-0.2, -0.15) is 0 Å². The van der Waals surface area contributed by atoms with Crippen LogP contribution in [0.2, 0.25) is 0 Å². The molecular weight excluding hydrogens is 232 g/mol. The van der Waals surface area contributed by atoms with Gasteiger partial charge in [0.05, 0.1) is 11.0 Å². The second kappa shape index (κ2) is 5.53. The summed E-state index contributed by atoms with van der Waals surface area (Å²) in [6, 6.07) is 18.6. The molecule has 2 heteroatoms.